The molecule has 2 amide bonds. The summed E-state index contributed by atoms with van der Waals surface area (Å²) >= 11 is 7.86. The Hall–Kier alpha value is -2.05. The number of para-hydroxylation sites is 1. The molecule has 138 valence electrons. The fraction of sp³-hybridized carbons (Fsp3) is 0.316. The predicted octanol–water partition coefficient (Wildman–Crippen LogP) is 4.95. The van der Waals surface area contributed by atoms with Crippen molar-refractivity contribution >= 4 is 35.1 Å². The van der Waals surface area contributed by atoms with Crippen molar-refractivity contribution in [3.8, 4) is 11.5 Å². The molecule has 0 aliphatic carbocycles. The third-order valence-corrected chi connectivity index (χ3v) is 5.92. The van der Waals surface area contributed by atoms with Crippen LogP contribution < -0.4 is 14.8 Å². The molecule has 3 rings (SSSR count). The van der Waals surface area contributed by atoms with E-state index in [9.17, 15) is 4.79 Å². The topological polar surface area (TPSA) is 50.8 Å². The number of urea groups is 1. The molecule has 0 bridgehead atoms. The Labute approximate surface area is 162 Å². The zero-order chi connectivity index (χ0) is 18.7. The highest BCUT2D eigenvalue weighted by Gasteiger charge is 2.33. The maximum Gasteiger partial charge on any atom is 0.323 e. The maximum atomic E-state index is 12.8. The lowest BCUT2D eigenvalue weighted by Crippen LogP contribution is -2.34. The predicted molar refractivity (Wildman–Crippen MR) is 107 cm³/mol. The van der Waals surface area contributed by atoms with Crippen LogP contribution in [0.15, 0.2) is 36.4 Å². The Morgan fingerprint density at radius 1 is 1.27 bits per heavy atom. The lowest BCUT2D eigenvalue weighted by atomic mass is 10.1. The first-order valence-electron chi connectivity index (χ1n) is 8.21. The van der Waals surface area contributed by atoms with E-state index in [0.29, 0.717) is 28.8 Å². The summed E-state index contributed by atoms with van der Waals surface area (Å²) in [7, 11) is 3.22. The average Bonchev–Trinajstić information content (AvgIpc) is 3.13. The molecule has 2 aromatic carbocycles. The fourth-order valence-corrected chi connectivity index (χ4v) is 4.36. The van der Waals surface area contributed by atoms with Gasteiger partial charge < -0.3 is 19.7 Å². The summed E-state index contributed by atoms with van der Waals surface area (Å²) in [6.07, 6.45) is 0. The minimum Gasteiger partial charge on any atom is -0.493 e. The van der Waals surface area contributed by atoms with Crippen molar-refractivity contribution in [2.45, 2.75) is 12.3 Å². The minimum atomic E-state index is -0.162. The first-order chi connectivity index (χ1) is 12.5. The van der Waals surface area contributed by atoms with Gasteiger partial charge in [0.1, 0.15) is 5.37 Å². The Bertz CT molecular complexity index is 815. The molecule has 26 heavy (non-hydrogen) atoms. The molecule has 7 heteroatoms. The van der Waals surface area contributed by atoms with Crippen LogP contribution in [0.4, 0.5) is 10.5 Å². The molecule has 2 aromatic rings. The monoisotopic (exact) mass is 392 g/mol. The van der Waals surface area contributed by atoms with Crippen molar-refractivity contribution in [2.24, 2.45) is 0 Å². The van der Waals surface area contributed by atoms with Crippen LogP contribution in [-0.2, 0) is 0 Å². The van der Waals surface area contributed by atoms with Crippen molar-refractivity contribution in [3.05, 3.63) is 52.5 Å². The summed E-state index contributed by atoms with van der Waals surface area (Å²) < 4.78 is 10.9. The van der Waals surface area contributed by atoms with Crippen LogP contribution in [0.1, 0.15) is 16.5 Å². The van der Waals surface area contributed by atoms with Crippen molar-refractivity contribution in [1.29, 1.82) is 0 Å². The molecule has 1 saturated heterocycles. The number of methoxy groups -OCH3 is 2. The number of nitrogens with zero attached hydrogens (tertiary/aromatic N) is 1. The van der Waals surface area contributed by atoms with Gasteiger partial charge in [0.05, 0.1) is 14.2 Å². The number of halogens is 1. The van der Waals surface area contributed by atoms with Gasteiger partial charge in [-0.05, 0) is 30.7 Å². The number of hydrogen-bond acceptors (Lipinski definition) is 4. The molecular formula is C19H21ClN2O3S. The number of thioether (sulfide) groups is 1. The fourth-order valence-electron chi connectivity index (χ4n) is 2.91. The van der Waals surface area contributed by atoms with Crippen LogP contribution in [-0.4, -0.2) is 37.4 Å². The number of rotatable bonds is 4. The molecule has 0 spiro atoms. The lowest BCUT2D eigenvalue weighted by molar-refractivity contribution is 0.213. The van der Waals surface area contributed by atoms with Crippen molar-refractivity contribution in [1.82, 2.24) is 4.90 Å². The van der Waals surface area contributed by atoms with Gasteiger partial charge in [-0.25, -0.2) is 4.79 Å². The van der Waals surface area contributed by atoms with E-state index in [4.69, 9.17) is 21.1 Å². The summed E-state index contributed by atoms with van der Waals surface area (Å²) in [4.78, 5) is 14.6. The molecule has 1 unspecified atom stereocenters. The minimum absolute atomic E-state index is 0.138. The van der Waals surface area contributed by atoms with Crippen LogP contribution in [0.2, 0.25) is 5.02 Å². The van der Waals surface area contributed by atoms with Crippen molar-refractivity contribution < 1.29 is 14.3 Å². The summed E-state index contributed by atoms with van der Waals surface area (Å²) in [5, 5.41) is 3.43. The molecule has 1 N–H and O–H groups in total. The normalized spacial score (nSPS) is 16.5. The van der Waals surface area contributed by atoms with Gasteiger partial charge in [0.2, 0.25) is 0 Å². The van der Waals surface area contributed by atoms with Gasteiger partial charge >= 0.3 is 6.03 Å². The van der Waals surface area contributed by atoms with Gasteiger partial charge in [0.25, 0.3) is 0 Å². The number of anilines is 1. The van der Waals surface area contributed by atoms with E-state index < -0.39 is 0 Å². The molecule has 1 fully saturated rings. The van der Waals surface area contributed by atoms with Crippen LogP contribution in [0.5, 0.6) is 11.5 Å². The summed E-state index contributed by atoms with van der Waals surface area (Å²) in [5.41, 5.74) is 2.57. The second kappa shape index (κ2) is 8.10. The van der Waals surface area contributed by atoms with Crippen molar-refractivity contribution in [3.63, 3.8) is 0 Å². The Kier molecular flexibility index (Phi) is 5.84. The van der Waals surface area contributed by atoms with Gasteiger partial charge in [0.15, 0.2) is 11.5 Å². The van der Waals surface area contributed by atoms with E-state index in [1.807, 2.05) is 37.3 Å². The Morgan fingerprint density at radius 2 is 2.08 bits per heavy atom. The van der Waals surface area contributed by atoms with E-state index in [1.54, 1.807) is 36.9 Å². The summed E-state index contributed by atoms with van der Waals surface area (Å²) in [6, 6.07) is 11.1. The van der Waals surface area contributed by atoms with Crippen molar-refractivity contribution in [2.75, 3.05) is 31.8 Å². The van der Waals surface area contributed by atoms with Crippen LogP contribution in [0, 0.1) is 6.92 Å². The van der Waals surface area contributed by atoms with Crippen LogP contribution >= 0.6 is 23.4 Å². The first kappa shape index (κ1) is 18.7. The summed E-state index contributed by atoms with van der Waals surface area (Å²) in [6.45, 7) is 2.58. The zero-order valence-electron chi connectivity index (χ0n) is 14.9. The van der Waals surface area contributed by atoms with Gasteiger partial charge in [0, 0.05) is 28.6 Å². The second-order valence-electron chi connectivity index (χ2n) is 5.89. The average molecular weight is 393 g/mol. The second-order valence-corrected chi connectivity index (χ2v) is 7.49. The Morgan fingerprint density at radius 3 is 2.77 bits per heavy atom. The highest BCUT2D eigenvalue weighted by Crippen LogP contribution is 2.45. The van der Waals surface area contributed by atoms with Crippen LogP contribution in [0.3, 0.4) is 0 Å². The molecule has 5 nitrogen and oxygen atoms in total. The molecule has 1 atom stereocenters. The third-order valence-electron chi connectivity index (χ3n) is 4.27. The number of carbonyl (C=O) groups excluding carboxylic acids is 1. The smallest absolute Gasteiger partial charge is 0.323 e. The number of aryl methyl sites for hydroxylation is 1. The number of carbonyl (C=O) groups is 1. The molecule has 0 saturated carbocycles. The van der Waals surface area contributed by atoms with E-state index in [1.165, 1.54) is 0 Å². The number of nitrogens with one attached hydrogen (secondary N) is 1. The number of ether oxygens (including phenoxy) is 2. The quantitative estimate of drug-likeness (QED) is 0.800. The van der Waals surface area contributed by atoms with Gasteiger partial charge in [-0.3, -0.25) is 0 Å². The summed E-state index contributed by atoms with van der Waals surface area (Å²) in [5.74, 6) is 2.17. The van der Waals surface area contributed by atoms with Gasteiger partial charge in [-0.15, -0.1) is 11.8 Å². The van der Waals surface area contributed by atoms with Gasteiger partial charge in [-0.2, -0.15) is 0 Å². The maximum absolute atomic E-state index is 12.8. The van der Waals surface area contributed by atoms with Gasteiger partial charge in [-0.1, -0.05) is 29.8 Å². The lowest BCUT2D eigenvalue weighted by Gasteiger charge is -2.26. The molecular weight excluding hydrogens is 372 g/mol. The zero-order valence-corrected chi connectivity index (χ0v) is 16.5. The first-order valence-corrected chi connectivity index (χ1v) is 9.64. The number of amides is 2. The molecule has 0 aromatic heterocycles. The molecule has 1 aliphatic heterocycles. The van der Waals surface area contributed by atoms with E-state index in [2.05, 4.69) is 5.32 Å². The van der Waals surface area contributed by atoms with Crippen LogP contribution in [0.25, 0.3) is 0 Å². The molecule has 1 aliphatic rings. The Balaban J connectivity index is 1.84. The number of hydrogen-bond donors (Lipinski definition) is 1. The largest absolute Gasteiger partial charge is 0.493 e. The number of benzene rings is 2. The van der Waals surface area contributed by atoms with E-state index >= 15 is 0 Å². The molecule has 0 radical (unpaired) electrons. The third kappa shape index (κ3) is 3.71. The highest BCUT2D eigenvalue weighted by atomic mass is 35.5. The standard InChI is InChI=1S/C19H21ClN2O3S/c1-12-7-8-13(11-15(12)20)21-19(23)22-9-10-26-18(22)14-5-4-6-16(24-2)17(14)25-3/h4-8,11,18H,9-10H2,1-3H3,(H,21,23). The van der Waals surface area contributed by atoms with E-state index in [0.717, 1.165) is 16.9 Å². The highest BCUT2D eigenvalue weighted by molar-refractivity contribution is 7.99. The molecule has 1 heterocycles. The SMILES string of the molecule is COc1cccc(C2SCCN2C(=O)Nc2ccc(C)c(Cl)c2)c1OC. The van der Waals surface area contributed by atoms with E-state index in [-0.39, 0.29) is 11.4 Å².